The summed E-state index contributed by atoms with van der Waals surface area (Å²) >= 11 is 0. The van der Waals surface area contributed by atoms with Crippen LogP contribution in [-0.2, 0) is 9.53 Å². The first kappa shape index (κ1) is 13.5. The van der Waals surface area contributed by atoms with Crippen molar-refractivity contribution >= 4 is 5.91 Å². The second kappa shape index (κ2) is 6.21. The number of hydrogen-bond donors (Lipinski definition) is 2. The molecule has 4 heteroatoms. The minimum absolute atomic E-state index is 0.441. The maximum absolute atomic E-state index is 11.0. The highest BCUT2D eigenvalue weighted by Gasteiger charge is 2.24. The normalized spacial score (nSPS) is 20.9. The molecule has 1 rings (SSSR count). The van der Waals surface area contributed by atoms with Gasteiger partial charge in [0.25, 0.3) is 0 Å². The van der Waals surface area contributed by atoms with Crippen molar-refractivity contribution in [3.8, 4) is 0 Å². The number of hydrogen-bond acceptors (Lipinski definition) is 3. The van der Waals surface area contributed by atoms with Crippen molar-refractivity contribution in [3.05, 3.63) is 0 Å². The Morgan fingerprint density at radius 3 is 2.62 bits per heavy atom. The van der Waals surface area contributed by atoms with Crippen LogP contribution in [-0.4, -0.2) is 24.7 Å². The zero-order valence-electron chi connectivity index (χ0n) is 10.2. The first-order valence-electron chi connectivity index (χ1n) is 6.19. The van der Waals surface area contributed by atoms with Crippen molar-refractivity contribution < 1.29 is 9.53 Å². The lowest BCUT2D eigenvalue weighted by Crippen LogP contribution is -2.49. The van der Waals surface area contributed by atoms with Gasteiger partial charge in [0, 0.05) is 13.2 Å². The molecule has 0 heterocycles. The van der Waals surface area contributed by atoms with Crippen molar-refractivity contribution in [1.29, 1.82) is 0 Å². The molecule has 0 aromatic heterocycles. The molecule has 1 fully saturated rings. The maximum atomic E-state index is 11.0. The summed E-state index contributed by atoms with van der Waals surface area (Å²) in [6.07, 6.45) is 6.68. The molecule has 1 unspecified atom stereocenters. The molecule has 0 radical (unpaired) electrons. The Bertz CT molecular complexity index is 223. The lowest BCUT2D eigenvalue weighted by molar-refractivity contribution is -0.122. The van der Waals surface area contributed by atoms with Crippen molar-refractivity contribution in [1.82, 2.24) is 0 Å². The van der Waals surface area contributed by atoms with Crippen LogP contribution in [0.5, 0.6) is 0 Å². The molecule has 0 aliphatic heterocycles. The minimum Gasteiger partial charge on any atom is -0.381 e. The van der Waals surface area contributed by atoms with Gasteiger partial charge < -0.3 is 16.2 Å². The van der Waals surface area contributed by atoms with Gasteiger partial charge in [-0.2, -0.15) is 0 Å². The summed E-state index contributed by atoms with van der Waals surface area (Å²) in [5.41, 5.74) is 10.0. The van der Waals surface area contributed by atoms with E-state index in [1.807, 2.05) is 0 Å². The highest BCUT2D eigenvalue weighted by atomic mass is 16.5. The van der Waals surface area contributed by atoms with E-state index in [2.05, 4.69) is 0 Å². The molecule has 4 nitrogen and oxygen atoms in total. The summed E-state index contributed by atoms with van der Waals surface area (Å²) in [6, 6.07) is 0. The number of carbonyl (C=O) groups is 1. The minimum atomic E-state index is -0.892. The summed E-state index contributed by atoms with van der Waals surface area (Å²) in [7, 11) is 0. The average Bonchev–Trinajstić information content (AvgIpc) is 2.69. The van der Waals surface area contributed by atoms with E-state index in [1.165, 1.54) is 25.7 Å². The third kappa shape index (κ3) is 4.49. The molecule has 16 heavy (non-hydrogen) atoms. The Morgan fingerprint density at radius 1 is 1.44 bits per heavy atom. The van der Waals surface area contributed by atoms with Crippen LogP contribution < -0.4 is 11.5 Å². The third-order valence-electron chi connectivity index (χ3n) is 3.38. The molecule has 1 atom stereocenters. The molecule has 0 saturated heterocycles. The van der Waals surface area contributed by atoms with Crippen LogP contribution in [0.1, 0.15) is 45.4 Å². The average molecular weight is 228 g/mol. The van der Waals surface area contributed by atoms with Gasteiger partial charge in [-0.1, -0.05) is 12.8 Å². The molecule has 1 amide bonds. The number of rotatable bonds is 7. The van der Waals surface area contributed by atoms with Crippen molar-refractivity contribution in [2.75, 3.05) is 13.2 Å². The smallest absolute Gasteiger partial charge is 0.237 e. The van der Waals surface area contributed by atoms with Crippen LogP contribution in [0.2, 0.25) is 0 Å². The highest BCUT2D eigenvalue weighted by molar-refractivity contribution is 5.83. The topological polar surface area (TPSA) is 78.3 Å². The zero-order chi connectivity index (χ0) is 12.0. The molecule has 0 aromatic carbocycles. The summed E-state index contributed by atoms with van der Waals surface area (Å²) in [5, 5.41) is 0. The van der Waals surface area contributed by atoms with Gasteiger partial charge in [-0.3, -0.25) is 4.79 Å². The summed E-state index contributed by atoms with van der Waals surface area (Å²) < 4.78 is 5.59. The van der Waals surface area contributed by atoms with E-state index in [0.717, 1.165) is 18.9 Å². The number of nitrogens with two attached hydrogens (primary N) is 2. The number of primary amides is 1. The van der Waals surface area contributed by atoms with E-state index in [-0.39, 0.29) is 0 Å². The summed E-state index contributed by atoms with van der Waals surface area (Å²) in [5.74, 6) is 0.309. The molecule has 94 valence electrons. The predicted molar refractivity (Wildman–Crippen MR) is 63.8 cm³/mol. The standard InChI is InChI=1S/C12H24N2O2/c1-12(14,11(13)15)7-4-8-16-9-10-5-2-3-6-10/h10H,2-9,14H2,1H3,(H2,13,15). The van der Waals surface area contributed by atoms with E-state index < -0.39 is 11.4 Å². The van der Waals surface area contributed by atoms with Crippen molar-refractivity contribution in [3.63, 3.8) is 0 Å². The van der Waals surface area contributed by atoms with E-state index in [4.69, 9.17) is 16.2 Å². The number of amides is 1. The molecule has 0 aromatic rings. The molecule has 4 N–H and O–H groups in total. The fraction of sp³-hybridized carbons (Fsp3) is 0.917. The molecular formula is C12H24N2O2. The van der Waals surface area contributed by atoms with Gasteiger partial charge in [-0.25, -0.2) is 0 Å². The Labute approximate surface area is 97.7 Å². The highest BCUT2D eigenvalue weighted by Crippen LogP contribution is 2.24. The molecule has 1 aliphatic rings. The predicted octanol–water partition coefficient (Wildman–Crippen LogP) is 1.18. The van der Waals surface area contributed by atoms with Gasteiger partial charge in [0.15, 0.2) is 0 Å². The summed E-state index contributed by atoms with van der Waals surface area (Å²) in [6.45, 7) is 3.21. The quantitative estimate of drug-likeness (QED) is 0.642. The molecule has 1 saturated carbocycles. The van der Waals surface area contributed by atoms with Gasteiger partial charge in [0.1, 0.15) is 0 Å². The van der Waals surface area contributed by atoms with Gasteiger partial charge in [-0.15, -0.1) is 0 Å². The van der Waals surface area contributed by atoms with Gasteiger partial charge in [0.05, 0.1) is 5.54 Å². The van der Waals surface area contributed by atoms with Crippen molar-refractivity contribution in [2.45, 2.75) is 51.0 Å². The Balaban J connectivity index is 2.01. The SMILES string of the molecule is CC(N)(CCCOCC1CCCC1)C(N)=O. The second-order valence-electron chi connectivity index (χ2n) is 5.11. The Morgan fingerprint density at radius 2 is 2.06 bits per heavy atom. The fourth-order valence-corrected chi connectivity index (χ4v) is 2.09. The van der Waals surface area contributed by atoms with Gasteiger partial charge in [0.2, 0.25) is 5.91 Å². The maximum Gasteiger partial charge on any atom is 0.237 e. The van der Waals surface area contributed by atoms with Crippen molar-refractivity contribution in [2.24, 2.45) is 17.4 Å². The molecule has 0 bridgehead atoms. The van der Waals surface area contributed by atoms with Crippen LogP contribution in [0.3, 0.4) is 0 Å². The lowest BCUT2D eigenvalue weighted by atomic mass is 9.97. The largest absolute Gasteiger partial charge is 0.381 e. The number of ether oxygens (including phenoxy) is 1. The first-order chi connectivity index (χ1) is 7.52. The zero-order valence-corrected chi connectivity index (χ0v) is 10.2. The number of carbonyl (C=O) groups excluding carboxylic acids is 1. The summed E-state index contributed by atoms with van der Waals surface area (Å²) in [4.78, 5) is 11.0. The van der Waals surface area contributed by atoms with Crippen LogP contribution in [0, 0.1) is 5.92 Å². The van der Waals surface area contributed by atoms with Gasteiger partial charge in [-0.05, 0) is 38.5 Å². The fourth-order valence-electron chi connectivity index (χ4n) is 2.09. The van der Waals surface area contributed by atoms with E-state index in [9.17, 15) is 4.79 Å². The van der Waals surface area contributed by atoms with Crippen LogP contribution in [0.15, 0.2) is 0 Å². The lowest BCUT2D eigenvalue weighted by Gasteiger charge is -2.20. The molecular weight excluding hydrogens is 204 g/mol. The van der Waals surface area contributed by atoms with Crippen LogP contribution in [0.25, 0.3) is 0 Å². The Kier molecular flexibility index (Phi) is 5.22. The molecule has 0 spiro atoms. The second-order valence-corrected chi connectivity index (χ2v) is 5.11. The van der Waals surface area contributed by atoms with Crippen LogP contribution in [0.4, 0.5) is 0 Å². The van der Waals surface area contributed by atoms with E-state index in [1.54, 1.807) is 6.92 Å². The first-order valence-corrected chi connectivity index (χ1v) is 6.19. The monoisotopic (exact) mass is 228 g/mol. The Hall–Kier alpha value is -0.610. The molecule has 1 aliphatic carbocycles. The van der Waals surface area contributed by atoms with E-state index >= 15 is 0 Å². The van der Waals surface area contributed by atoms with Crippen LogP contribution >= 0.6 is 0 Å². The van der Waals surface area contributed by atoms with Gasteiger partial charge >= 0.3 is 0 Å². The van der Waals surface area contributed by atoms with E-state index in [0.29, 0.717) is 13.0 Å². The third-order valence-corrected chi connectivity index (χ3v) is 3.38.